The lowest BCUT2D eigenvalue weighted by molar-refractivity contribution is 0.0613. The Morgan fingerprint density at radius 3 is 2.78 bits per heavy atom. The van der Waals surface area contributed by atoms with Crippen LogP contribution in [0.5, 0.6) is 0 Å². The summed E-state index contributed by atoms with van der Waals surface area (Å²) in [6, 6.07) is 8.60. The van der Waals surface area contributed by atoms with Gasteiger partial charge in [-0.1, -0.05) is 23.4 Å². The molecule has 0 unspecified atom stereocenters. The highest BCUT2D eigenvalue weighted by Crippen LogP contribution is 2.43. The number of aliphatic hydroxyl groups excluding tert-OH is 2. The van der Waals surface area contributed by atoms with E-state index in [2.05, 4.69) is 25.6 Å². The largest absolute Gasteiger partial charge is 0.395 e. The number of amides is 1. The van der Waals surface area contributed by atoms with Crippen LogP contribution in [0.15, 0.2) is 36.7 Å². The van der Waals surface area contributed by atoms with E-state index in [0.29, 0.717) is 5.56 Å². The highest BCUT2D eigenvalue weighted by Gasteiger charge is 2.45. The maximum Gasteiger partial charge on any atom is 0.256 e. The fourth-order valence-electron chi connectivity index (χ4n) is 2.85. The predicted molar refractivity (Wildman–Crippen MR) is 95.9 cm³/mol. The van der Waals surface area contributed by atoms with Gasteiger partial charge in [0, 0.05) is 5.56 Å². The van der Waals surface area contributed by atoms with Gasteiger partial charge in [0.2, 0.25) is 0 Å². The molecule has 0 spiro atoms. The summed E-state index contributed by atoms with van der Waals surface area (Å²) in [5, 5.41) is 28.4. The van der Waals surface area contributed by atoms with E-state index >= 15 is 0 Å². The molecule has 3 aromatic rings. The second-order valence-corrected chi connectivity index (χ2v) is 7.29. The van der Waals surface area contributed by atoms with Gasteiger partial charge in [0.05, 0.1) is 11.9 Å². The summed E-state index contributed by atoms with van der Waals surface area (Å²) >= 11 is 1.05. The predicted octanol–water partition coefficient (Wildman–Crippen LogP) is 0.779. The molecule has 4 atom stereocenters. The number of halogens is 1. The zero-order chi connectivity index (χ0) is 19.0. The lowest BCUT2D eigenvalue weighted by Gasteiger charge is -2.14. The number of carbonyl (C=O) groups is 1. The molecule has 3 N–H and O–H groups in total. The number of nitrogens with zero attached hydrogens (tertiary/aromatic N) is 5. The van der Waals surface area contributed by atoms with Gasteiger partial charge in [-0.15, -0.1) is 16.9 Å². The minimum Gasteiger partial charge on any atom is -0.395 e. The SMILES string of the molecule is O=C(Nc1ncnc2c1nnn2[C@@H]1S[C@H](CO)[C@@H](F)[C@H]1O)c1ccccc1. The van der Waals surface area contributed by atoms with Crippen LogP contribution in [0.2, 0.25) is 0 Å². The normalized spacial score (nSPS) is 25.0. The van der Waals surface area contributed by atoms with Gasteiger partial charge in [0.25, 0.3) is 5.91 Å². The Labute approximate surface area is 156 Å². The molecule has 0 radical (unpaired) electrons. The van der Waals surface area contributed by atoms with Crippen molar-refractivity contribution in [1.82, 2.24) is 25.0 Å². The highest BCUT2D eigenvalue weighted by atomic mass is 32.2. The molecule has 1 aromatic carbocycles. The van der Waals surface area contributed by atoms with E-state index in [9.17, 15) is 19.4 Å². The monoisotopic (exact) mass is 390 g/mol. The van der Waals surface area contributed by atoms with Crippen LogP contribution in [0.3, 0.4) is 0 Å². The van der Waals surface area contributed by atoms with E-state index in [1.807, 2.05) is 0 Å². The number of thioether (sulfide) groups is 1. The van der Waals surface area contributed by atoms with Crippen LogP contribution in [-0.2, 0) is 0 Å². The van der Waals surface area contributed by atoms with Gasteiger partial charge >= 0.3 is 0 Å². The molecule has 4 rings (SSSR count). The van der Waals surface area contributed by atoms with Gasteiger partial charge in [-0.2, -0.15) is 0 Å². The topological polar surface area (TPSA) is 126 Å². The van der Waals surface area contributed by atoms with Crippen molar-refractivity contribution in [2.75, 3.05) is 11.9 Å². The molecule has 0 bridgehead atoms. The van der Waals surface area contributed by atoms with Gasteiger partial charge in [0.1, 0.15) is 24.0 Å². The fraction of sp³-hybridized carbons (Fsp3) is 0.312. The van der Waals surface area contributed by atoms with Crippen molar-refractivity contribution >= 4 is 34.7 Å². The molecule has 11 heteroatoms. The van der Waals surface area contributed by atoms with Gasteiger partial charge in [-0.25, -0.2) is 19.0 Å². The number of alkyl halides is 1. The molecule has 9 nitrogen and oxygen atoms in total. The smallest absolute Gasteiger partial charge is 0.256 e. The molecule has 1 saturated heterocycles. The molecule has 1 fully saturated rings. The van der Waals surface area contributed by atoms with Gasteiger partial charge < -0.3 is 15.5 Å². The van der Waals surface area contributed by atoms with Crippen molar-refractivity contribution in [2.24, 2.45) is 0 Å². The first kappa shape index (κ1) is 17.8. The third-order valence-electron chi connectivity index (χ3n) is 4.24. The van der Waals surface area contributed by atoms with Crippen LogP contribution in [0.4, 0.5) is 10.2 Å². The van der Waals surface area contributed by atoms with E-state index in [-0.39, 0.29) is 22.9 Å². The minimum absolute atomic E-state index is 0.160. The Hall–Kier alpha value is -2.63. The number of fused-ring (bicyclic) bond motifs is 1. The van der Waals surface area contributed by atoms with Crippen molar-refractivity contribution in [2.45, 2.75) is 22.9 Å². The van der Waals surface area contributed by atoms with E-state index in [1.54, 1.807) is 30.3 Å². The van der Waals surface area contributed by atoms with Crippen LogP contribution >= 0.6 is 11.8 Å². The molecule has 2 aromatic heterocycles. The number of carbonyl (C=O) groups excluding carboxylic acids is 1. The summed E-state index contributed by atoms with van der Waals surface area (Å²) in [7, 11) is 0. The summed E-state index contributed by atoms with van der Waals surface area (Å²) < 4.78 is 15.4. The van der Waals surface area contributed by atoms with Crippen molar-refractivity contribution in [3.8, 4) is 0 Å². The highest BCUT2D eigenvalue weighted by molar-refractivity contribution is 8.00. The molecule has 1 aliphatic rings. The molecule has 3 heterocycles. The van der Waals surface area contributed by atoms with Crippen LogP contribution in [0, 0.1) is 0 Å². The Bertz CT molecular complexity index is 971. The Morgan fingerprint density at radius 2 is 2.07 bits per heavy atom. The van der Waals surface area contributed by atoms with Crippen molar-refractivity contribution in [1.29, 1.82) is 0 Å². The van der Waals surface area contributed by atoms with E-state index in [1.165, 1.54) is 11.0 Å². The molecule has 0 aliphatic carbocycles. The number of aliphatic hydroxyl groups is 2. The van der Waals surface area contributed by atoms with Crippen LogP contribution in [0.25, 0.3) is 11.2 Å². The zero-order valence-corrected chi connectivity index (χ0v) is 14.6. The Kier molecular flexibility index (Phi) is 4.72. The van der Waals surface area contributed by atoms with Gasteiger partial charge in [-0.05, 0) is 12.1 Å². The van der Waals surface area contributed by atoms with E-state index in [4.69, 9.17) is 0 Å². The summed E-state index contributed by atoms with van der Waals surface area (Å²) in [4.78, 5) is 20.5. The second-order valence-electron chi connectivity index (χ2n) is 5.93. The average Bonchev–Trinajstić information content (AvgIpc) is 3.25. The lowest BCUT2D eigenvalue weighted by atomic mass is 10.1. The third-order valence-corrected chi connectivity index (χ3v) is 5.75. The standard InChI is InChI=1S/C16H15FN6O3S/c17-10-9(6-24)27-16(12(10)25)23-14-11(21-22-23)13(18-7-19-14)20-15(26)8-4-2-1-3-5-8/h1-5,7,9-10,12,16,24-25H,6H2,(H,18,19,20,26)/t9-,10-,12-,16-/m1/s1. The number of rotatable bonds is 4. The van der Waals surface area contributed by atoms with Gasteiger partial charge in [0.15, 0.2) is 17.0 Å². The zero-order valence-electron chi connectivity index (χ0n) is 13.8. The number of nitrogens with one attached hydrogen (secondary N) is 1. The van der Waals surface area contributed by atoms with Crippen molar-refractivity contribution < 1.29 is 19.4 Å². The van der Waals surface area contributed by atoms with E-state index < -0.39 is 29.5 Å². The average molecular weight is 390 g/mol. The fourth-order valence-corrected chi connectivity index (χ4v) is 4.18. The first-order valence-corrected chi connectivity index (χ1v) is 9.05. The summed E-state index contributed by atoms with van der Waals surface area (Å²) in [6.45, 7) is -0.403. The number of aromatic nitrogens is 5. The van der Waals surface area contributed by atoms with Crippen molar-refractivity contribution in [3.63, 3.8) is 0 Å². The summed E-state index contributed by atoms with van der Waals surface area (Å²) in [5.74, 6) is -0.210. The quantitative estimate of drug-likeness (QED) is 0.597. The lowest BCUT2D eigenvalue weighted by Crippen LogP contribution is -2.29. The summed E-state index contributed by atoms with van der Waals surface area (Å²) in [6.07, 6.45) is -1.73. The van der Waals surface area contributed by atoms with Gasteiger partial charge in [-0.3, -0.25) is 4.79 Å². The number of benzene rings is 1. The molecular formula is C16H15FN6O3S. The van der Waals surface area contributed by atoms with Crippen molar-refractivity contribution in [3.05, 3.63) is 42.2 Å². The molecule has 0 saturated carbocycles. The maximum absolute atomic E-state index is 14.1. The number of anilines is 1. The Morgan fingerprint density at radius 1 is 1.30 bits per heavy atom. The molecule has 27 heavy (non-hydrogen) atoms. The molecule has 1 amide bonds. The third kappa shape index (κ3) is 3.13. The molecule has 1 aliphatic heterocycles. The van der Waals surface area contributed by atoms with Crippen LogP contribution in [0.1, 0.15) is 15.7 Å². The Balaban J connectivity index is 1.65. The summed E-state index contributed by atoms with van der Waals surface area (Å²) in [5.41, 5.74) is 0.914. The second kappa shape index (κ2) is 7.18. The molecule has 140 valence electrons. The minimum atomic E-state index is -1.59. The first-order valence-electron chi connectivity index (χ1n) is 8.11. The molecular weight excluding hydrogens is 375 g/mol. The maximum atomic E-state index is 14.1. The first-order chi connectivity index (χ1) is 13.1. The number of hydrogen-bond donors (Lipinski definition) is 3. The van der Waals surface area contributed by atoms with E-state index in [0.717, 1.165) is 11.8 Å². The van der Waals surface area contributed by atoms with Crippen LogP contribution in [-0.4, -0.2) is 65.2 Å². The van der Waals surface area contributed by atoms with Crippen LogP contribution < -0.4 is 5.32 Å². The number of hydrogen-bond acceptors (Lipinski definition) is 8.